The minimum absolute atomic E-state index is 0.179. The van der Waals surface area contributed by atoms with Crippen molar-refractivity contribution in [2.75, 3.05) is 7.11 Å². The van der Waals surface area contributed by atoms with Crippen molar-refractivity contribution in [1.82, 2.24) is 15.0 Å². The summed E-state index contributed by atoms with van der Waals surface area (Å²) in [6.45, 7) is 1.82. The van der Waals surface area contributed by atoms with Gasteiger partial charge in [0.1, 0.15) is 0 Å². The molecule has 2 atom stereocenters. The van der Waals surface area contributed by atoms with Crippen LogP contribution in [-0.4, -0.2) is 39.4 Å². The fourth-order valence-corrected chi connectivity index (χ4v) is 1.03. The third-order valence-corrected chi connectivity index (χ3v) is 1.98. The van der Waals surface area contributed by atoms with Crippen LogP contribution < -0.4 is 0 Å². The smallest absolute Gasteiger partial charge is 0.0855 e. The Morgan fingerprint density at radius 2 is 2.38 bits per heavy atom. The average Bonchev–Trinajstić information content (AvgIpc) is 2.49. The summed E-state index contributed by atoms with van der Waals surface area (Å²) in [7, 11) is 3.37. The fourth-order valence-electron chi connectivity index (χ4n) is 1.03. The molecule has 0 amide bonds. The van der Waals surface area contributed by atoms with E-state index in [9.17, 15) is 5.11 Å². The van der Waals surface area contributed by atoms with Crippen LogP contribution in [0.25, 0.3) is 0 Å². The van der Waals surface area contributed by atoms with Crippen LogP contribution in [0.5, 0.6) is 0 Å². The Morgan fingerprint density at radius 3 is 2.85 bits per heavy atom. The van der Waals surface area contributed by atoms with Crippen LogP contribution in [0.4, 0.5) is 0 Å². The number of methoxy groups -OCH3 is 1. The van der Waals surface area contributed by atoms with Crippen LogP contribution >= 0.6 is 0 Å². The van der Waals surface area contributed by atoms with E-state index >= 15 is 0 Å². The number of rotatable bonds is 4. The molecule has 1 aromatic rings. The summed E-state index contributed by atoms with van der Waals surface area (Å²) in [6.07, 6.45) is 1.55. The Balaban J connectivity index is 2.49. The van der Waals surface area contributed by atoms with Crippen LogP contribution in [0, 0.1) is 0 Å². The molecule has 0 spiro atoms. The predicted octanol–water partition coefficient (Wildman–Crippen LogP) is -0.247. The van der Waals surface area contributed by atoms with Crippen molar-refractivity contribution < 1.29 is 9.84 Å². The lowest BCUT2D eigenvalue weighted by atomic mass is 10.1. The largest absolute Gasteiger partial charge is 0.390 e. The molecule has 1 aromatic heterocycles. The molecule has 0 aromatic carbocycles. The number of nitrogens with zero attached hydrogens (tertiary/aromatic N) is 3. The molecule has 0 aliphatic carbocycles. The maximum Gasteiger partial charge on any atom is 0.0855 e. The van der Waals surface area contributed by atoms with E-state index in [1.54, 1.807) is 25.0 Å². The highest BCUT2D eigenvalue weighted by atomic mass is 16.5. The molecule has 5 nitrogen and oxygen atoms in total. The standard InChI is InChI=1S/C8H15N3O2/c1-6(13-3)8(12)4-7-5-11(2)10-9-7/h5-6,8,12H,4H2,1-3H3. The first kappa shape index (κ1) is 10.1. The summed E-state index contributed by atoms with van der Waals surface area (Å²) in [6, 6.07) is 0. The van der Waals surface area contributed by atoms with Gasteiger partial charge in [0.15, 0.2) is 0 Å². The molecule has 74 valence electrons. The second-order valence-electron chi connectivity index (χ2n) is 3.10. The van der Waals surface area contributed by atoms with Crippen LogP contribution in [0.1, 0.15) is 12.6 Å². The van der Waals surface area contributed by atoms with Crippen LogP contribution in [0.3, 0.4) is 0 Å². The van der Waals surface area contributed by atoms with E-state index < -0.39 is 6.10 Å². The number of hydrogen-bond acceptors (Lipinski definition) is 4. The first-order chi connectivity index (χ1) is 6.13. The van der Waals surface area contributed by atoms with E-state index in [0.29, 0.717) is 6.42 Å². The molecule has 5 heteroatoms. The average molecular weight is 185 g/mol. The minimum atomic E-state index is -0.526. The molecule has 1 N–H and O–H groups in total. The molecule has 13 heavy (non-hydrogen) atoms. The SMILES string of the molecule is COC(C)C(O)Cc1cn(C)nn1. The van der Waals surface area contributed by atoms with Crippen molar-refractivity contribution in [1.29, 1.82) is 0 Å². The van der Waals surface area contributed by atoms with Crippen molar-refractivity contribution in [3.63, 3.8) is 0 Å². The van der Waals surface area contributed by atoms with Gasteiger partial charge in [0, 0.05) is 26.8 Å². The highest BCUT2D eigenvalue weighted by Gasteiger charge is 2.15. The second kappa shape index (κ2) is 4.34. The molecule has 0 saturated carbocycles. The molecule has 0 fully saturated rings. The van der Waals surface area contributed by atoms with Crippen LogP contribution in [-0.2, 0) is 18.2 Å². The van der Waals surface area contributed by atoms with Crippen LogP contribution in [0.15, 0.2) is 6.20 Å². The quantitative estimate of drug-likeness (QED) is 0.703. The molecular formula is C8H15N3O2. The minimum Gasteiger partial charge on any atom is -0.390 e. The summed E-state index contributed by atoms with van der Waals surface area (Å²) < 4.78 is 6.60. The van der Waals surface area contributed by atoms with Gasteiger partial charge in [-0.25, -0.2) is 0 Å². The van der Waals surface area contributed by atoms with E-state index in [2.05, 4.69) is 10.3 Å². The van der Waals surface area contributed by atoms with Crippen molar-refractivity contribution in [3.05, 3.63) is 11.9 Å². The van der Waals surface area contributed by atoms with E-state index in [1.165, 1.54) is 0 Å². The first-order valence-corrected chi connectivity index (χ1v) is 4.19. The molecule has 0 aliphatic rings. The van der Waals surface area contributed by atoms with Crippen molar-refractivity contribution in [2.24, 2.45) is 7.05 Å². The summed E-state index contributed by atoms with van der Waals surface area (Å²) in [5.74, 6) is 0. The number of aromatic nitrogens is 3. The fraction of sp³-hybridized carbons (Fsp3) is 0.750. The molecule has 0 saturated heterocycles. The molecule has 1 rings (SSSR count). The zero-order valence-electron chi connectivity index (χ0n) is 8.14. The highest BCUT2D eigenvalue weighted by Crippen LogP contribution is 2.04. The van der Waals surface area contributed by atoms with Crippen molar-refractivity contribution >= 4 is 0 Å². The lowest BCUT2D eigenvalue weighted by Gasteiger charge is -2.15. The third-order valence-electron chi connectivity index (χ3n) is 1.98. The zero-order valence-corrected chi connectivity index (χ0v) is 8.14. The Hall–Kier alpha value is -0.940. The number of hydrogen-bond donors (Lipinski definition) is 1. The summed E-state index contributed by atoms with van der Waals surface area (Å²) in [4.78, 5) is 0. The summed E-state index contributed by atoms with van der Waals surface area (Å²) >= 11 is 0. The van der Waals surface area contributed by atoms with Gasteiger partial charge in [-0.1, -0.05) is 5.21 Å². The number of aryl methyl sites for hydroxylation is 1. The van der Waals surface area contributed by atoms with Crippen molar-refractivity contribution in [3.8, 4) is 0 Å². The maximum absolute atomic E-state index is 9.58. The first-order valence-electron chi connectivity index (χ1n) is 4.19. The zero-order chi connectivity index (χ0) is 9.84. The molecule has 0 bridgehead atoms. The topological polar surface area (TPSA) is 60.2 Å². The molecule has 0 radical (unpaired) electrons. The number of ether oxygens (including phenoxy) is 1. The summed E-state index contributed by atoms with van der Waals surface area (Å²) in [5.41, 5.74) is 0.777. The van der Waals surface area contributed by atoms with Gasteiger partial charge in [-0.15, -0.1) is 5.10 Å². The number of aliphatic hydroxyl groups is 1. The van der Waals surface area contributed by atoms with Gasteiger partial charge >= 0.3 is 0 Å². The van der Waals surface area contributed by atoms with Gasteiger partial charge in [0.25, 0.3) is 0 Å². The van der Waals surface area contributed by atoms with Gasteiger partial charge in [-0.3, -0.25) is 4.68 Å². The Kier molecular flexibility index (Phi) is 3.39. The summed E-state index contributed by atoms with van der Waals surface area (Å²) in [5, 5.41) is 17.2. The van der Waals surface area contributed by atoms with Gasteiger partial charge in [0.2, 0.25) is 0 Å². The Morgan fingerprint density at radius 1 is 1.69 bits per heavy atom. The Labute approximate surface area is 77.3 Å². The van der Waals surface area contributed by atoms with Gasteiger partial charge in [0.05, 0.1) is 17.9 Å². The van der Waals surface area contributed by atoms with E-state index in [1.807, 2.05) is 6.92 Å². The van der Waals surface area contributed by atoms with Gasteiger partial charge < -0.3 is 9.84 Å². The normalized spacial score (nSPS) is 15.7. The molecule has 0 aliphatic heterocycles. The van der Waals surface area contributed by atoms with Crippen LogP contribution in [0.2, 0.25) is 0 Å². The number of aliphatic hydroxyl groups excluding tert-OH is 1. The Bertz CT molecular complexity index is 262. The van der Waals surface area contributed by atoms with E-state index in [-0.39, 0.29) is 6.10 Å². The third kappa shape index (κ3) is 2.78. The maximum atomic E-state index is 9.58. The lowest BCUT2D eigenvalue weighted by Crippen LogP contribution is -2.27. The monoisotopic (exact) mass is 185 g/mol. The highest BCUT2D eigenvalue weighted by molar-refractivity contribution is 4.94. The molecule has 1 heterocycles. The second-order valence-corrected chi connectivity index (χ2v) is 3.10. The molecular weight excluding hydrogens is 170 g/mol. The lowest BCUT2D eigenvalue weighted by molar-refractivity contribution is -0.0000552. The molecule has 2 unspecified atom stereocenters. The predicted molar refractivity (Wildman–Crippen MR) is 47.2 cm³/mol. The van der Waals surface area contributed by atoms with E-state index in [4.69, 9.17) is 4.74 Å². The van der Waals surface area contributed by atoms with Gasteiger partial charge in [-0.2, -0.15) is 0 Å². The van der Waals surface area contributed by atoms with E-state index in [0.717, 1.165) is 5.69 Å². The van der Waals surface area contributed by atoms with Crippen molar-refractivity contribution in [2.45, 2.75) is 25.6 Å². The van der Waals surface area contributed by atoms with Gasteiger partial charge in [-0.05, 0) is 6.92 Å².